The Labute approximate surface area is 85.2 Å². The third-order valence-corrected chi connectivity index (χ3v) is 1.79. The predicted octanol–water partition coefficient (Wildman–Crippen LogP) is 1.46. The van der Waals surface area contributed by atoms with Crippen LogP contribution in [0.2, 0.25) is 0 Å². The molecule has 0 N–H and O–H groups in total. The van der Waals surface area contributed by atoms with E-state index in [-0.39, 0.29) is 12.2 Å². The van der Waals surface area contributed by atoms with E-state index in [1.165, 1.54) is 0 Å². The first kappa shape index (κ1) is 11.3. The molecule has 1 aliphatic rings. The summed E-state index contributed by atoms with van der Waals surface area (Å²) in [5.74, 6) is 0. The molecule has 0 aromatic heterocycles. The average Bonchev–Trinajstić information content (AvgIpc) is 2.01. The zero-order valence-corrected chi connectivity index (χ0v) is 9.08. The molecular weight excluding hydrogens is 182 g/mol. The lowest BCUT2D eigenvalue weighted by molar-refractivity contribution is -0.0272. The van der Waals surface area contributed by atoms with Gasteiger partial charge in [-0.3, -0.25) is 0 Å². The number of nitrogens with zero attached hydrogens (tertiary/aromatic N) is 1. The first-order chi connectivity index (χ1) is 6.38. The van der Waals surface area contributed by atoms with Crippen LogP contribution in [0.15, 0.2) is 0 Å². The van der Waals surface area contributed by atoms with Gasteiger partial charge in [0.2, 0.25) is 0 Å². The molecule has 4 heteroatoms. The Morgan fingerprint density at radius 1 is 1.57 bits per heavy atom. The summed E-state index contributed by atoms with van der Waals surface area (Å²) in [5, 5.41) is 0. The molecule has 4 nitrogen and oxygen atoms in total. The van der Waals surface area contributed by atoms with Crippen LogP contribution in [0.3, 0.4) is 0 Å². The molecule has 1 atom stereocenters. The molecule has 81 valence electrons. The fraction of sp³-hybridized carbons (Fsp3) is 0.800. The average molecular weight is 200 g/mol. The van der Waals surface area contributed by atoms with Crippen molar-refractivity contribution >= 4 is 6.09 Å². The molecule has 14 heavy (non-hydrogen) atoms. The summed E-state index contributed by atoms with van der Waals surface area (Å²) in [5.41, 5.74) is -0.438. The number of morpholine rings is 1. The van der Waals surface area contributed by atoms with E-state index in [1.54, 1.807) is 4.90 Å². The number of hydrogen-bond acceptors (Lipinski definition) is 3. The summed E-state index contributed by atoms with van der Waals surface area (Å²) < 4.78 is 10.5. The highest BCUT2D eigenvalue weighted by Crippen LogP contribution is 2.12. The van der Waals surface area contributed by atoms with E-state index in [0.717, 1.165) is 0 Å². The fourth-order valence-corrected chi connectivity index (χ4v) is 1.21. The zero-order valence-electron chi connectivity index (χ0n) is 9.08. The second-order valence-electron chi connectivity index (χ2n) is 4.42. The summed E-state index contributed by atoms with van der Waals surface area (Å²) in [6, 6.07) is 0. The van der Waals surface area contributed by atoms with Crippen LogP contribution in [-0.2, 0) is 9.47 Å². The van der Waals surface area contributed by atoms with Gasteiger partial charge in [0.1, 0.15) is 5.60 Å². The quantitative estimate of drug-likeness (QED) is 0.594. The summed E-state index contributed by atoms with van der Waals surface area (Å²) in [7, 11) is 0. The van der Waals surface area contributed by atoms with Gasteiger partial charge < -0.3 is 14.4 Å². The highest BCUT2D eigenvalue weighted by atomic mass is 16.6. The van der Waals surface area contributed by atoms with E-state index in [4.69, 9.17) is 9.47 Å². The van der Waals surface area contributed by atoms with Crippen molar-refractivity contribution < 1.29 is 14.3 Å². The van der Waals surface area contributed by atoms with E-state index in [0.29, 0.717) is 19.7 Å². The lowest BCUT2D eigenvalue weighted by Gasteiger charge is -2.32. The molecule has 1 heterocycles. The molecule has 0 bridgehead atoms. The summed E-state index contributed by atoms with van der Waals surface area (Å²) in [6.45, 7) is 10.9. The summed E-state index contributed by atoms with van der Waals surface area (Å²) in [6.07, 6.45) is -0.425. The standard InChI is InChI=1S/C10H18NO3/c1-8-7-11(5-6-13-8)9(12)14-10(2,3)4/h8H,1,5-7H2,2-4H3. The predicted molar refractivity (Wildman–Crippen MR) is 52.9 cm³/mol. The van der Waals surface area contributed by atoms with Gasteiger partial charge in [-0.1, -0.05) is 0 Å². The SMILES string of the molecule is [CH2]C1CN(C(=O)OC(C)(C)C)CCO1. The van der Waals surface area contributed by atoms with Gasteiger partial charge >= 0.3 is 6.09 Å². The van der Waals surface area contributed by atoms with Crippen molar-refractivity contribution in [3.63, 3.8) is 0 Å². The van der Waals surface area contributed by atoms with E-state index < -0.39 is 5.60 Å². The minimum Gasteiger partial charge on any atom is -0.444 e. The minimum atomic E-state index is -0.438. The Hall–Kier alpha value is -0.770. The van der Waals surface area contributed by atoms with Crippen molar-refractivity contribution in [2.75, 3.05) is 19.7 Å². The Morgan fingerprint density at radius 2 is 2.21 bits per heavy atom. The second kappa shape index (κ2) is 4.17. The Bertz CT molecular complexity index is 210. The molecule has 1 unspecified atom stereocenters. The van der Waals surface area contributed by atoms with Crippen molar-refractivity contribution in [2.45, 2.75) is 32.5 Å². The van der Waals surface area contributed by atoms with E-state index >= 15 is 0 Å². The molecule has 1 rings (SSSR count). The highest BCUT2D eigenvalue weighted by molar-refractivity contribution is 5.68. The van der Waals surface area contributed by atoms with Crippen LogP contribution >= 0.6 is 0 Å². The largest absolute Gasteiger partial charge is 0.444 e. The van der Waals surface area contributed by atoms with Crippen molar-refractivity contribution in [3.8, 4) is 0 Å². The van der Waals surface area contributed by atoms with Crippen LogP contribution in [0.25, 0.3) is 0 Å². The van der Waals surface area contributed by atoms with E-state index in [9.17, 15) is 4.79 Å². The van der Waals surface area contributed by atoms with Crippen LogP contribution in [0.4, 0.5) is 4.79 Å². The second-order valence-corrected chi connectivity index (χ2v) is 4.42. The lowest BCUT2D eigenvalue weighted by Crippen LogP contribution is -2.46. The third-order valence-electron chi connectivity index (χ3n) is 1.79. The first-order valence-electron chi connectivity index (χ1n) is 4.81. The van der Waals surface area contributed by atoms with Crippen molar-refractivity contribution in [2.24, 2.45) is 0 Å². The van der Waals surface area contributed by atoms with Crippen molar-refractivity contribution in [1.29, 1.82) is 0 Å². The van der Waals surface area contributed by atoms with Gasteiger partial charge in [-0.05, 0) is 27.7 Å². The molecule has 0 spiro atoms. The maximum Gasteiger partial charge on any atom is 0.410 e. The van der Waals surface area contributed by atoms with Gasteiger partial charge in [-0.2, -0.15) is 0 Å². The molecule has 0 saturated carbocycles. The smallest absolute Gasteiger partial charge is 0.410 e. The topological polar surface area (TPSA) is 38.8 Å². The zero-order chi connectivity index (χ0) is 10.8. The minimum absolute atomic E-state index is 0.142. The summed E-state index contributed by atoms with van der Waals surface area (Å²) >= 11 is 0. The maximum absolute atomic E-state index is 11.6. The van der Waals surface area contributed by atoms with Crippen molar-refractivity contribution in [1.82, 2.24) is 4.90 Å². The lowest BCUT2D eigenvalue weighted by atomic mass is 10.2. The number of hydrogen-bond donors (Lipinski definition) is 0. The molecule has 1 amide bonds. The van der Waals surface area contributed by atoms with Gasteiger partial charge in [0.05, 0.1) is 19.3 Å². The molecule has 1 saturated heterocycles. The van der Waals surface area contributed by atoms with Crippen LogP contribution < -0.4 is 0 Å². The molecule has 0 aromatic carbocycles. The molecule has 1 radical (unpaired) electrons. The van der Waals surface area contributed by atoms with Gasteiger partial charge in [0.25, 0.3) is 0 Å². The van der Waals surface area contributed by atoms with Crippen LogP contribution in [0.5, 0.6) is 0 Å². The monoisotopic (exact) mass is 200 g/mol. The molecule has 1 fully saturated rings. The molecular formula is C10H18NO3. The molecule has 0 aromatic rings. The number of ether oxygens (including phenoxy) is 2. The number of amides is 1. The highest BCUT2D eigenvalue weighted by Gasteiger charge is 2.25. The van der Waals surface area contributed by atoms with Crippen LogP contribution in [0, 0.1) is 6.92 Å². The van der Waals surface area contributed by atoms with E-state index in [2.05, 4.69) is 6.92 Å². The molecule has 1 aliphatic heterocycles. The number of carbonyl (C=O) groups is 1. The molecule has 0 aliphatic carbocycles. The van der Waals surface area contributed by atoms with Gasteiger partial charge in [-0.15, -0.1) is 0 Å². The van der Waals surface area contributed by atoms with Gasteiger partial charge in [-0.25, -0.2) is 4.79 Å². The Balaban J connectivity index is 2.44. The van der Waals surface area contributed by atoms with Crippen LogP contribution in [-0.4, -0.2) is 42.4 Å². The number of carbonyl (C=O) groups excluding carboxylic acids is 1. The fourth-order valence-electron chi connectivity index (χ4n) is 1.21. The summed E-state index contributed by atoms with van der Waals surface area (Å²) in [4.78, 5) is 13.2. The van der Waals surface area contributed by atoms with Gasteiger partial charge in [0.15, 0.2) is 0 Å². The Morgan fingerprint density at radius 3 is 2.71 bits per heavy atom. The maximum atomic E-state index is 11.6. The van der Waals surface area contributed by atoms with E-state index in [1.807, 2.05) is 20.8 Å². The normalized spacial score (nSPS) is 23.4. The van der Waals surface area contributed by atoms with Crippen molar-refractivity contribution in [3.05, 3.63) is 6.92 Å². The first-order valence-corrected chi connectivity index (χ1v) is 4.81. The van der Waals surface area contributed by atoms with Crippen LogP contribution in [0.1, 0.15) is 20.8 Å². The Kier molecular flexibility index (Phi) is 3.37. The third kappa shape index (κ3) is 3.54. The number of rotatable bonds is 0. The van der Waals surface area contributed by atoms with Gasteiger partial charge in [0, 0.05) is 6.54 Å².